The number of hydrogen-bond acceptors (Lipinski definition) is 2. The molecule has 17 heavy (non-hydrogen) atoms. The van der Waals surface area contributed by atoms with Gasteiger partial charge >= 0.3 is 0 Å². The van der Waals surface area contributed by atoms with E-state index >= 15 is 0 Å². The van der Waals surface area contributed by atoms with Crippen LogP contribution in [0.5, 0.6) is 0 Å². The molecule has 1 aromatic carbocycles. The first-order valence-electron chi connectivity index (χ1n) is 5.87. The SMILES string of the molecule is CC(=O)NC(CC(C)C)C(=O)c1ccccc1. The quantitative estimate of drug-likeness (QED) is 0.794. The Balaban J connectivity index is 2.82. The molecule has 3 nitrogen and oxygen atoms in total. The van der Waals surface area contributed by atoms with Crippen molar-refractivity contribution in [1.29, 1.82) is 0 Å². The Hall–Kier alpha value is -1.64. The molecule has 1 atom stereocenters. The van der Waals surface area contributed by atoms with Gasteiger partial charge in [0.05, 0.1) is 6.04 Å². The summed E-state index contributed by atoms with van der Waals surface area (Å²) in [6.07, 6.45) is 0.660. The van der Waals surface area contributed by atoms with Crippen molar-refractivity contribution in [2.45, 2.75) is 33.2 Å². The largest absolute Gasteiger partial charge is 0.346 e. The molecule has 0 spiro atoms. The molecule has 92 valence electrons. The summed E-state index contributed by atoms with van der Waals surface area (Å²) < 4.78 is 0. The summed E-state index contributed by atoms with van der Waals surface area (Å²) in [6, 6.07) is 8.65. The molecule has 0 fully saturated rings. The number of nitrogens with one attached hydrogen (secondary N) is 1. The Kier molecular flexibility index (Phi) is 4.88. The molecule has 0 heterocycles. The van der Waals surface area contributed by atoms with Gasteiger partial charge < -0.3 is 5.32 Å². The van der Waals surface area contributed by atoms with Gasteiger partial charge in [-0.05, 0) is 12.3 Å². The maximum Gasteiger partial charge on any atom is 0.217 e. The fraction of sp³-hybridized carbons (Fsp3) is 0.429. The van der Waals surface area contributed by atoms with Gasteiger partial charge in [-0.2, -0.15) is 0 Å². The molecule has 1 aromatic rings. The number of hydrogen-bond donors (Lipinski definition) is 1. The maximum absolute atomic E-state index is 12.2. The van der Waals surface area contributed by atoms with Crippen molar-refractivity contribution in [1.82, 2.24) is 5.32 Å². The summed E-state index contributed by atoms with van der Waals surface area (Å²) >= 11 is 0. The lowest BCUT2D eigenvalue weighted by molar-refractivity contribution is -0.119. The molecular weight excluding hydrogens is 214 g/mol. The fourth-order valence-electron chi connectivity index (χ4n) is 1.75. The molecule has 0 aromatic heterocycles. The van der Waals surface area contributed by atoms with Gasteiger partial charge in [-0.3, -0.25) is 9.59 Å². The van der Waals surface area contributed by atoms with Crippen molar-refractivity contribution in [2.75, 3.05) is 0 Å². The standard InChI is InChI=1S/C14H19NO2/c1-10(2)9-13(15-11(3)16)14(17)12-7-5-4-6-8-12/h4-8,10,13H,9H2,1-3H3,(H,15,16). The summed E-state index contributed by atoms with van der Waals surface area (Å²) in [5.41, 5.74) is 0.645. The lowest BCUT2D eigenvalue weighted by Crippen LogP contribution is -2.40. The first-order chi connectivity index (χ1) is 8.00. The fourth-order valence-corrected chi connectivity index (χ4v) is 1.75. The number of carbonyl (C=O) groups is 2. The Morgan fingerprint density at radius 1 is 1.18 bits per heavy atom. The minimum absolute atomic E-state index is 0.0190. The first-order valence-corrected chi connectivity index (χ1v) is 5.87. The van der Waals surface area contributed by atoms with Crippen molar-refractivity contribution < 1.29 is 9.59 Å². The summed E-state index contributed by atoms with van der Waals surface area (Å²) in [5, 5.41) is 2.72. The Labute approximate surface area is 102 Å². The van der Waals surface area contributed by atoms with Crippen molar-refractivity contribution in [3.63, 3.8) is 0 Å². The molecule has 0 saturated carbocycles. The highest BCUT2D eigenvalue weighted by Crippen LogP contribution is 2.11. The van der Waals surface area contributed by atoms with E-state index in [-0.39, 0.29) is 11.7 Å². The predicted octanol–water partition coefficient (Wildman–Crippen LogP) is 2.42. The number of benzene rings is 1. The summed E-state index contributed by atoms with van der Waals surface area (Å²) in [7, 11) is 0. The molecule has 1 N–H and O–H groups in total. The number of ketones is 1. The highest BCUT2D eigenvalue weighted by Gasteiger charge is 2.21. The first kappa shape index (κ1) is 13.4. The van der Waals surface area contributed by atoms with Gasteiger partial charge in [0, 0.05) is 12.5 Å². The van der Waals surface area contributed by atoms with Gasteiger partial charge in [-0.15, -0.1) is 0 Å². The normalized spacial score (nSPS) is 12.2. The monoisotopic (exact) mass is 233 g/mol. The molecule has 1 amide bonds. The van der Waals surface area contributed by atoms with E-state index in [0.717, 1.165) is 0 Å². The van der Waals surface area contributed by atoms with Gasteiger partial charge in [0.1, 0.15) is 0 Å². The van der Waals surface area contributed by atoms with Gasteiger partial charge in [0.15, 0.2) is 5.78 Å². The van der Waals surface area contributed by atoms with E-state index in [1.165, 1.54) is 6.92 Å². The smallest absolute Gasteiger partial charge is 0.217 e. The topological polar surface area (TPSA) is 46.2 Å². The number of carbonyl (C=O) groups excluding carboxylic acids is 2. The Morgan fingerprint density at radius 2 is 1.76 bits per heavy atom. The van der Waals surface area contributed by atoms with Crippen LogP contribution < -0.4 is 5.32 Å². The van der Waals surface area contributed by atoms with E-state index in [4.69, 9.17) is 0 Å². The van der Waals surface area contributed by atoms with Crippen LogP contribution in [0.15, 0.2) is 30.3 Å². The van der Waals surface area contributed by atoms with Crippen molar-refractivity contribution in [3.05, 3.63) is 35.9 Å². The van der Waals surface area contributed by atoms with Gasteiger partial charge in [0.25, 0.3) is 0 Å². The molecule has 0 radical (unpaired) electrons. The average molecular weight is 233 g/mol. The molecule has 0 aliphatic rings. The van der Waals surface area contributed by atoms with Gasteiger partial charge in [-0.1, -0.05) is 44.2 Å². The van der Waals surface area contributed by atoms with Crippen LogP contribution in [-0.4, -0.2) is 17.7 Å². The third kappa shape index (κ3) is 4.39. The molecule has 3 heteroatoms. The number of rotatable bonds is 5. The van der Waals surface area contributed by atoms with Crippen LogP contribution in [-0.2, 0) is 4.79 Å². The molecule has 0 bridgehead atoms. The van der Waals surface area contributed by atoms with Crippen LogP contribution in [0.2, 0.25) is 0 Å². The zero-order chi connectivity index (χ0) is 12.8. The summed E-state index contributed by atoms with van der Waals surface area (Å²) in [5.74, 6) is 0.175. The molecule has 1 rings (SSSR count). The molecule has 1 unspecified atom stereocenters. The predicted molar refractivity (Wildman–Crippen MR) is 67.8 cm³/mol. The van der Waals surface area contributed by atoms with E-state index < -0.39 is 6.04 Å². The molecular formula is C14H19NO2. The second kappa shape index (κ2) is 6.18. The zero-order valence-electron chi connectivity index (χ0n) is 10.6. The van der Waals surface area contributed by atoms with E-state index in [0.29, 0.717) is 17.9 Å². The van der Waals surface area contributed by atoms with Crippen LogP contribution >= 0.6 is 0 Å². The molecule has 0 aliphatic carbocycles. The summed E-state index contributed by atoms with van der Waals surface area (Å²) in [6.45, 7) is 5.51. The lowest BCUT2D eigenvalue weighted by Gasteiger charge is -2.18. The van der Waals surface area contributed by atoms with Crippen LogP contribution in [0, 0.1) is 5.92 Å². The van der Waals surface area contributed by atoms with E-state index in [9.17, 15) is 9.59 Å². The van der Waals surface area contributed by atoms with E-state index in [1.54, 1.807) is 12.1 Å². The van der Waals surface area contributed by atoms with Crippen LogP contribution in [0.4, 0.5) is 0 Å². The van der Waals surface area contributed by atoms with Crippen molar-refractivity contribution in [3.8, 4) is 0 Å². The maximum atomic E-state index is 12.2. The third-order valence-corrected chi connectivity index (χ3v) is 2.46. The van der Waals surface area contributed by atoms with Crippen LogP contribution in [0.25, 0.3) is 0 Å². The number of amides is 1. The lowest BCUT2D eigenvalue weighted by atomic mass is 9.96. The van der Waals surface area contributed by atoms with Crippen LogP contribution in [0.3, 0.4) is 0 Å². The van der Waals surface area contributed by atoms with Crippen molar-refractivity contribution >= 4 is 11.7 Å². The van der Waals surface area contributed by atoms with E-state index in [1.807, 2.05) is 32.0 Å². The van der Waals surface area contributed by atoms with Crippen molar-refractivity contribution in [2.24, 2.45) is 5.92 Å². The zero-order valence-corrected chi connectivity index (χ0v) is 10.6. The summed E-state index contributed by atoms with van der Waals surface area (Å²) in [4.78, 5) is 23.3. The average Bonchev–Trinajstić information content (AvgIpc) is 2.27. The Bertz CT molecular complexity index is 384. The highest BCUT2D eigenvalue weighted by molar-refractivity contribution is 6.01. The minimum Gasteiger partial charge on any atom is -0.346 e. The second-order valence-electron chi connectivity index (χ2n) is 4.61. The molecule has 0 saturated heterocycles. The highest BCUT2D eigenvalue weighted by atomic mass is 16.2. The van der Waals surface area contributed by atoms with Gasteiger partial charge in [-0.25, -0.2) is 0 Å². The second-order valence-corrected chi connectivity index (χ2v) is 4.61. The Morgan fingerprint density at radius 3 is 2.24 bits per heavy atom. The van der Waals surface area contributed by atoms with E-state index in [2.05, 4.69) is 5.32 Å². The van der Waals surface area contributed by atoms with Gasteiger partial charge in [0.2, 0.25) is 5.91 Å². The minimum atomic E-state index is -0.421. The number of Topliss-reactive ketones (excluding diaryl/α,β-unsaturated/α-hetero) is 1. The van der Waals surface area contributed by atoms with Crippen LogP contribution in [0.1, 0.15) is 37.6 Å². The molecule has 0 aliphatic heterocycles. The third-order valence-electron chi connectivity index (χ3n) is 2.46.